The lowest BCUT2D eigenvalue weighted by molar-refractivity contribution is -0.140. The van der Waals surface area contributed by atoms with Crippen LogP contribution in [0.25, 0.3) is 16.9 Å². The highest BCUT2D eigenvalue weighted by atomic mass is 19.4. The van der Waals surface area contributed by atoms with Crippen LogP contribution in [0, 0.1) is 5.82 Å². The summed E-state index contributed by atoms with van der Waals surface area (Å²) < 4.78 is 58.3. The third-order valence-corrected chi connectivity index (χ3v) is 7.50. The molecule has 2 saturated heterocycles. The predicted molar refractivity (Wildman–Crippen MR) is 150 cm³/mol. The third kappa shape index (κ3) is 6.75. The molecule has 12 heteroatoms. The van der Waals surface area contributed by atoms with E-state index in [2.05, 4.69) is 34.2 Å². The number of amides is 1. The average molecular weight is 596 g/mol. The Labute approximate surface area is 245 Å². The number of alkyl halides is 3. The zero-order valence-electron chi connectivity index (χ0n) is 23.2. The second kappa shape index (κ2) is 12.7. The first kappa shape index (κ1) is 29.9. The maximum Gasteiger partial charge on any atom is 0.419 e. The molecule has 224 valence electrons. The Bertz CT molecular complexity index is 1550. The van der Waals surface area contributed by atoms with Gasteiger partial charge in [0.05, 0.1) is 23.0 Å². The number of piperidine rings is 1. The van der Waals surface area contributed by atoms with Crippen LogP contribution in [0.2, 0.25) is 0 Å². The van der Waals surface area contributed by atoms with E-state index in [0.717, 1.165) is 38.1 Å². The Morgan fingerprint density at radius 3 is 2.30 bits per heavy atom. The summed E-state index contributed by atoms with van der Waals surface area (Å²) in [6, 6.07) is 17.8. The molecule has 1 amide bonds. The topological polar surface area (TPSA) is 80.6 Å². The zero-order valence-corrected chi connectivity index (χ0v) is 23.2. The fourth-order valence-corrected chi connectivity index (χ4v) is 5.29. The van der Waals surface area contributed by atoms with Crippen molar-refractivity contribution in [3.8, 4) is 16.9 Å². The van der Waals surface area contributed by atoms with Crippen molar-refractivity contribution in [2.24, 2.45) is 0 Å². The van der Waals surface area contributed by atoms with E-state index in [1.807, 2.05) is 23.1 Å². The number of hydrogen-bond acceptors (Lipinski definition) is 6. The molecule has 0 N–H and O–H groups in total. The minimum Gasteiger partial charge on any atom is -0.447 e. The second-order valence-corrected chi connectivity index (χ2v) is 10.3. The first-order valence-electron chi connectivity index (χ1n) is 13.7. The monoisotopic (exact) mass is 595 g/mol. The van der Waals surface area contributed by atoms with E-state index >= 15 is 0 Å². The van der Waals surface area contributed by atoms with Crippen molar-refractivity contribution in [1.82, 2.24) is 24.6 Å². The smallest absolute Gasteiger partial charge is 0.419 e. The van der Waals surface area contributed by atoms with Crippen molar-refractivity contribution in [2.45, 2.75) is 31.1 Å². The van der Waals surface area contributed by atoms with Crippen LogP contribution in [-0.4, -0.2) is 69.7 Å². The van der Waals surface area contributed by atoms with Gasteiger partial charge in [-0.15, -0.1) is 0 Å². The fourth-order valence-electron chi connectivity index (χ4n) is 5.29. The van der Waals surface area contributed by atoms with Gasteiger partial charge in [0.25, 0.3) is 0 Å². The van der Waals surface area contributed by atoms with Gasteiger partial charge >= 0.3 is 12.3 Å². The average Bonchev–Trinajstić information content (AvgIpc) is 3.62. The fraction of sp³-hybridized carbons (Fsp3) is 0.290. The molecule has 1 atom stereocenters. The zero-order chi connectivity index (χ0) is 30.6. The molecular weight excluding hydrogens is 566 g/mol. The van der Waals surface area contributed by atoms with Crippen molar-refractivity contribution in [1.29, 1.82) is 0 Å². The first-order valence-corrected chi connectivity index (χ1v) is 13.7. The minimum absolute atomic E-state index is 0.0698. The maximum atomic E-state index is 13.8. The van der Waals surface area contributed by atoms with Gasteiger partial charge in [0.2, 0.25) is 0 Å². The summed E-state index contributed by atoms with van der Waals surface area (Å²) in [6.45, 7) is 2.58. The molecule has 2 aromatic heterocycles. The molecule has 2 aliphatic rings. The number of hydrogen-bond donors (Lipinski definition) is 0. The van der Waals surface area contributed by atoms with E-state index < -0.39 is 17.6 Å². The van der Waals surface area contributed by atoms with E-state index in [9.17, 15) is 27.2 Å². The molecule has 0 aliphatic carbocycles. The molecule has 0 unspecified atom stereocenters. The Kier molecular flexibility index (Phi) is 8.86. The molecule has 4 aromatic rings. The number of halogens is 4. The van der Waals surface area contributed by atoms with Gasteiger partial charge < -0.3 is 9.64 Å². The number of cyclic esters (lactones) is 1. The van der Waals surface area contributed by atoms with Crippen molar-refractivity contribution in [3.63, 3.8) is 0 Å². The van der Waals surface area contributed by atoms with E-state index in [-0.39, 0.29) is 23.5 Å². The Balaban J connectivity index is 0.000000176. The summed E-state index contributed by atoms with van der Waals surface area (Å²) in [5.41, 5.74) is 1.01. The summed E-state index contributed by atoms with van der Waals surface area (Å²) in [7, 11) is 2.13. The van der Waals surface area contributed by atoms with Crippen LogP contribution in [0.4, 0.5) is 22.4 Å². The largest absolute Gasteiger partial charge is 0.447 e. The summed E-state index contributed by atoms with van der Waals surface area (Å²) in [6.07, 6.45) is 0.671. The van der Waals surface area contributed by atoms with E-state index in [4.69, 9.17) is 4.74 Å². The summed E-state index contributed by atoms with van der Waals surface area (Å²) in [5.74, 6) is -1.41. The number of carbonyl (C=O) groups is 2. The van der Waals surface area contributed by atoms with Gasteiger partial charge in [0.15, 0.2) is 6.29 Å². The normalized spacial score (nSPS) is 17.7. The number of likely N-dealkylation sites (tertiary alicyclic amines) is 1. The van der Waals surface area contributed by atoms with E-state index in [1.54, 1.807) is 12.1 Å². The second-order valence-electron chi connectivity index (χ2n) is 10.3. The van der Waals surface area contributed by atoms with Crippen molar-refractivity contribution >= 4 is 12.4 Å². The Morgan fingerprint density at radius 1 is 0.977 bits per heavy atom. The highest BCUT2D eigenvalue weighted by Crippen LogP contribution is 2.34. The number of benzene rings is 2. The van der Waals surface area contributed by atoms with Gasteiger partial charge in [0, 0.05) is 30.1 Å². The first-order chi connectivity index (χ1) is 20.7. The lowest BCUT2D eigenvalue weighted by Crippen LogP contribution is -2.45. The van der Waals surface area contributed by atoms with Gasteiger partial charge in [-0.05, 0) is 68.9 Å². The highest BCUT2D eigenvalue weighted by molar-refractivity contribution is 5.76. The number of nitrogens with zero attached hydrogens (tertiary/aromatic N) is 5. The molecule has 2 aromatic carbocycles. The lowest BCUT2D eigenvalue weighted by Gasteiger charge is -2.36. The minimum atomic E-state index is -4.78. The number of aromatic nitrogens is 3. The van der Waals surface area contributed by atoms with Crippen LogP contribution in [0.3, 0.4) is 0 Å². The molecular formula is C31H29F4N5O3. The molecule has 0 spiro atoms. The molecule has 0 bridgehead atoms. The van der Waals surface area contributed by atoms with Gasteiger partial charge in [-0.1, -0.05) is 30.3 Å². The molecule has 6 rings (SSSR count). The summed E-state index contributed by atoms with van der Waals surface area (Å²) >= 11 is 0. The predicted octanol–water partition coefficient (Wildman–Crippen LogP) is 6.18. The summed E-state index contributed by atoms with van der Waals surface area (Å²) in [5, 5.41) is 3.99. The molecule has 8 nitrogen and oxygen atoms in total. The van der Waals surface area contributed by atoms with Crippen LogP contribution >= 0.6 is 0 Å². The van der Waals surface area contributed by atoms with Crippen LogP contribution < -0.4 is 0 Å². The molecule has 0 saturated carbocycles. The third-order valence-electron chi connectivity index (χ3n) is 7.50. The van der Waals surface area contributed by atoms with Gasteiger partial charge in [-0.3, -0.25) is 14.7 Å². The number of rotatable bonds is 5. The standard InChI is InChI=1S/C16H9F4N3O.C15H20N2O2/c17-14-8-12(1-2-13(14)16(18,19)20)23-15(7-11(9-24)22-23)10-3-5-21-6-4-10;1-16-9-7-13(8-10-16)17-14(11-19-15(17)18)12-5-3-2-4-6-12/h1-9H;2-6,13-14H,7-11H2,1H3/t;14-/m.0/s1. The van der Waals surface area contributed by atoms with Crippen molar-refractivity contribution < 1.29 is 31.9 Å². The van der Waals surface area contributed by atoms with Gasteiger partial charge in [-0.2, -0.15) is 18.3 Å². The molecule has 4 heterocycles. The Morgan fingerprint density at radius 2 is 1.67 bits per heavy atom. The SMILES string of the molecule is CN1CCC(N2C(=O)OC[C@H]2c2ccccc2)CC1.O=Cc1cc(-c2ccncc2)n(-c2ccc(C(F)(F)F)c(F)c2)n1. The summed E-state index contributed by atoms with van der Waals surface area (Å²) in [4.78, 5) is 31.1. The van der Waals surface area contributed by atoms with Crippen molar-refractivity contribution in [2.75, 3.05) is 26.7 Å². The van der Waals surface area contributed by atoms with E-state index in [1.165, 1.54) is 28.7 Å². The highest BCUT2D eigenvalue weighted by Gasteiger charge is 2.39. The van der Waals surface area contributed by atoms with Crippen molar-refractivity contribution in [3.05, 3.63) is 102 Å². The quantitative estimate of drug-likeness (QED) is 0.203. The molecule has 2 aliphatic heterocycles. The molecule has 0 radical (unpaired) electrons. The Hall–Kier alpha value is -4.58. The van der Waals surface area contributed by atoms with Crippen LogP contribution in [0.5, 0.6) is 0 Å². The lowest BCUT2D eigenvalue weighted by atomic mass is 9.99. The number of ether oxygens (including phenoxy) is 1. The number of pyridine rings is 1. The van der Waals surface area contributed by atoms with Gasteiger partial charge in [0.1, 0.15) is 18.1 Å². The van der Waals surface area contributed by atoms with Crippen LogP contribution in [-0.2, 0) is 10.9 Å². The van der Waals surface area contributed by atoms with E-state index in [0.29, 0.717) is 36.3 Å². The van der Waals surface area contributed by atoms with Crippen LogP contribution in [0.1, 0.15) is 40.5 Å². The molecule has 2 fully saturated rings. The van der Waals surface area contributed by atoms with Gasteiger partial charge in [-0.25, -0.2) is 13.9 Å². The molecule has 43 heavy (non-hydrogen) atoms. The number of carbonyl (C=O) groups excluding carboxylic acids is 2. The maximum absolute atomic E-state index is 13.8. The van der Waals surface area contributed by atoms with Crippen LogP contribution in [0.15, 0.2) is 79.1 Å². The number of aldehydes is 1.